The molecule has 0 unspecified atom stereocenters. The molecule has 1 saturated carbocycles. The van der Waals surface area contributed by atoms with Gasteiger partial charge in [-0.15, -0.1) is 0 Å². The first-order chi connectivity index (χ1) is 7.84. The Labute approximate surface area is 92.3 Å². The van der Waals surface area contributed by atoms with Crippen molar-refractivity contribution in [3.8, 4) is 11.6 Å². The number of aromatic nitrogens is 4. The molecule has 0 atom stereocenters. The molecular weight excluding hydrogens is 206 g/mol. The Morgan fingerprint density at radius 2 is 2.38 bits per heavy atom. The maximum Gasteiger partial charge on any atom is 0.238 e. The third kappa shape index (κ3) is 1.26. The summed E-state index contributed by atoms with van der Waals surface area (Å²) in [6, 6.07) is 0. The minimum Gasteiger partial charge on any atom is -0.342 e. The number of nitrogens with one attached hydrogen (secondary N) is 1. The summed E-state index contributed by atoms with van der Waals surface area (Å²) in [5.74, 6) is 1.77. The lowest BCUT2D eigenvalue weighted by atomic mass is 9.69. The molecule has 0 radical (unpaired) electrons. The maximum atomic E-state index is 5.78. The van der Waals surface area contributed by atoms with Crippen LogP contribution in [0.5, 0.6) is 0 Å². The van der Waals surface area contributed by atoms with E-state index >= 15 is 0 Å². The molecule has 1 fully saturated rings. The van der Waals surface area contributed by atoms with Gasteiger partial charge >= 0.3 is 0 Å². The number of hydrogen-bond donors (Lipinski definition) is 2. The lowest BCUT2D eigenvalue weighted by Crippen LogP contribution is -2.41. The number of aromatic amines is 1. The average Bonchev–Trinajstić information content (AvgIpc) is 2.86. The molecular formula is C10H13N5O. The normalized spacial score (nSPS) is 18.3. The number of nitrogens with two attached hydrogens (primary N) is 1. The van der Waals surface area contributed by atoms with Crippen molar-refractivity contribution in [2.24, 2.45) is 5.73 Å². The van der Waals surface area contributed by atoms with E-state index in [4.69, 9.17) is 10.3 Å². The summed E-state index contributed by atoms with van der Waals surface area (Å²) in [4.78, 5) is 11.4. The highest BCUT2D eigenvalue weighted by Crippen LogP contribution is 2.42. The molecule has 6 heteroatoms. The number of rotatable bonds is 3. The van der Waals surface area contributed by atoms with E-state index in [-0.39, 0.29) is 5.41 Å². The quantitative estimate of drug-likeness (QED) is 0.797. The summed E-state index contributed by atoms with van der Waals surface area (Å²) < 4.78 is 5.29. The molecule has 2 heterocycles. The van der Waals surface area contributed by atoms with E-state index in [1.807, 2.05) is 0 Å². The fourth-order valence-corrected chi connectivity index (χ4v) is 2.03. The zero-order valence-electron chi connectivity index (χ0n) is 8.81. The lowest BCUT2D eigenvalue weighted by Gasteiger charge is -2.36. The van der Waals surface area contributed by atoms with Crippen LogP contribution in [0, 0.1) is 0 Å². The molecule has 0 aromatic carbocycles. The summed E-state index contributed by atoms with van der Waals surface area (Å²) in [7, 11) is 0. The number of nitrogens with zero attached hydrogens (tertiary/aromatic N) is 3. The standard InChI is InChI=1S/C10H13N5O/c11-6-10(2-1-3-10)9-14-8(15-16-9)7-12-4-5-13-7/h4-5H,1-3,6,11H2,(H,12,13). The van der Waals surface area contributed by atoms with Crippen LogP contribution in [0.4, 0.5) is 0 Å². The lowest BCUT2D eigenvalue weighted by molar-refractivity contribution is 0.182. The molecule has 1 aliphatic carbocycles. The zero-order valence-corrected chi connectivity index (χ0v) is 8.81. The van der Waals surface area contributed by atoms with E-state index in [9.17, 15) is 0 Å². The van der Waals surface area contributed by atoms with Crippen molar-refractivity contribution in [3.05, 3.63) is 18.3 Å². The van der Waals surface area contributed by atoms with Crippen LogP contribution < -0.4 is 5.73 Å². The second kappa shape index (κ2) is 3.41. The van der Waals surface area contributed by atoms with E-state index in [0.29, 0.717) is 24.1 Å². The Kier molecular flexibility index (Phi) is 2.03. The molecule has 0 saturated heterocycles. The topological polar surface area (TPSA) is 93.6 Å². The Bertz CT molecular complexity index is 466. The van der Waals surface area contributed by atoms with Gasteiger partial charge in [-0.25, -0.2) is 4.98 Å². The van der Waals surface area contributed by atoms with Crippen LogP contribution in [-0.4, -0.2) is 26.7 Å². The predicted molar refractivity (Wildman–Crippen MR) is 56.5 cm³/mol. The molecule has 3 rings (SSSR count). The molecule has 3 N–H and O–H groups in total. The summed E-state index contributed by atoms with van der Waals surface area (Å²) in [5, 5.41) is 3.92. The van der Waals surface area contributed by atoms with Crippen molar-refractivity contribution < 1.29 is 4.52 Å². The fourth-order valence-electron chi connectivity index (χ4n) is 2.03. The first kappa shape index (κ1) is 9.53. The van der Waals surface area contributed by atoms with Gasteiger partial charge in [-0.05, 0) is 12.8 Å². The van der Waals surface area contributed by atoms with Crippen molar-refractivity contribution in [1.82, 2.24) is 20.1 Å². The Balaban J connectivity index is 1.93. The first-order valence-electron chi connectivity index (χ1n) is 5.38. The van der Waals surface area contributed by atoms with Gasteiger partial charge in [-0.3, -0.25) is 0 Å². The van der Waals surface area contributed by atoms with Crippen LogP contribution in [0.25, 0.3) is 11.6 Å². The van der Waals surface area contributed by atoms with E-state index in [0.717, 1.165) is 12.8 Å². The molecule has 6 nitrogen and oxygen atoms in total. The Morgan fingerprint density at radius 3 is 2.94 bits per heavy atom. The van der Waals surface area contributed by atoms with Gasteiger partial charge in [-0.2, -0.15) is 4.98 Å². The van der Waals surface area contributed by atoms with Gasteiger partial charge in [0, 0.05) is 18.9 Å². The predicted octanol–water partition coefficient (Wildman–Crippen LogP) is 0.840. The molecule has 2 aromatic rings. The SMILES string of the molecule is NCC1(c2nc(-c3ncc[nH]3)no2)CCC1. The van der Waals surface area contributed by atoms with Gasteiger partial charge in [0.1, 0.15) is 0 Å². The van der Waals surface area contributed by atoms with Gasteiger partial charge in [0.15, 0.2) is 5.82 Å². The molecule has 84 valence electrons. The smallest absolute Gasteiger partial charge is 0.238 e. The highest BCUT2D eigenvalue weighted by Gasteiger charge is 2.42. The number of H-pyrrole nitrogens is 1. The van der Waals surface area contributed by atoms with Crippen LogP contribution in [0.2, 0.25) is 0 Å². The number of imidazole rings is 1. The molecule has 0 aliphatic heterocycles. The van der Waals surface area contributed by atoms with Gasteiger partial charge in [0.25, 0.3) is 0 Å². The molecule has 0 amide bonds. The van der Waals surface area contributed by atoms with Crippen molar-refractivity contribution >= 4 is 0 Å². The Morgan fingerprint density at radius 1 is 1.50 bits per heavy atom. The van der Waals surface area contributed by atoms with Crippen molar-refractivity contribution in [2.75, 3.05) is 6.54 Å². The van der Waals surface area contributed by atoms with Crippen molar-refractivity contribution in [1.29, 1.82) is 0 Å². The van der Waals surface area contributed by atoms with E-state index in [1.54, 1.807) is 12.4 Å². The maximum absolute atomic E-state index is 5.78. The summed E-state index contributed by atoms with van der Waals surface area (Å²) >= 11 is 0. The summed E-state index contributed by atoms with van der Waals surface area (Å²) in [5.41, 5.74) is 5.69. The molecule has 0 bridgehead atoms. The van der Waals surface area contributed by atoms with Gasteiger partial charge in [-0.1, -0.05) is 11.6 Å². The van der Waals surface area contributed by atoms with Crippen LogP contribution in [-0.2, 0) is 5.41 Å². The summed E-state index contributed by atoms with van der Waals surface area (Å²) in [6.07, 6.45) is 6.63. The second-order valence-corrected chi connectivity index (χ2v) is 4.20. The van der Waals surface area contributed by atoms with Crippen molar-refractivity contribution in [2.45, 2.75) is 24.7 Å². The van der Waals surface area contributed by atoms with Gasteiger partial charge in [0.2, 0.25) is 11.7 Å². The average molecular weight is 219 g/mol. The second-order valence-electron chi connectivity index (χ2n) is 4.20. The van der Waals surface area contributed by atoms with Crippen LogP contribution in [0.1, 0.15) is 25.2 Å². The van der Waals surface area contributed by atoms with Crippen LogP contribution in [0.15, 0.2) is 16.9 Å². The Hall–Kier alpha value is -1.69. The van der Waals surface area contributed by atoms with Gasteiger partial charge < -0.3 is 15.2 Å². The first-order valence-corrected chi connectivity index (χ1v) is 5.38. The third-order valence-corrected chi connectivity index (χ3v) is 3.29. The minimum atomic E-state index is -0.0855. The molecule has 16 heavy (non-hydrogen) atoms. The number of hydrogen-bond acceptors (Lipinski definition) is 5. The highest BCUT2D eigenvalue weighted by atomic mass is 16.5. The van der Waals surface area contributed by atoms with Crippen LogP contribution >= 0.6 is 0 Å². The highest BCUT2D eigenvalue weighted by molar-refractivity contribution is 5.41. The van der Waals surface area contributed by atoms with E-state index in [1.165, 1.54) is 6.42 Å². The van der Waals surface area contributed by atoms with Crippen LogP contribution in [0.3, 0.4) is 0 Å². The third-order valence-electron chi connectivity index (χ3n) is 3.29. The van der Waals surface area contributed by atoms with E-state index in [2.05, 4.69) is 20.1 Å². The fraction of sp³-hybridized carbons (Fsp3) is 0.500. The van der Waals surface area contributed by atoms with E-state index < -0.39 is 0 Å². The van der Waals surface area contributed by atoms with Gasteiger partial charge in [0.05, 0.1) is 5.41 Å². The van der Waals surface area contributed by atoms with Crippen molar-refractivity contribution in [3.63, 3.8) is 0 Å². The summed E-state index contributed by atoms with van der Waals surface area (Å²) in [6.45, 7) is 0.562. The molecule has 0 spiro atoms. The molecule has 2 aromatic heterocycles. The monoisotopic (exact) mass is 219 g/mol. The molecule has 1 aliphatic rings. The zero-order chi connectivity index (χ0) is 11.0. The largest absolute Gasteiger partial charge is 0.342 e. The minimum absolute atomic E-state index is 0.0855.